The van der Waals surface area contributed by atoms with Gasteiger partial charge in [0, 0.05) is 10.8 Å². The Morgan fingerprint density at radius 1 is 1.22 bits per heavy atom. The summed E-state index contributed by atoms with van der Waals surface area (Å²) in [5.41, 5.74) is 0. The number of hydrogen-bond donors (Lipinski definition) is 1. The minimum absolute atomic E-state index is 0.244. The van der Waals surface area contributed by atoms with Crippen LogP contribution in [-0.4, -0.2) is 5.91 Å². The Bertz CT molecular complexity index is 383. The van der Waals surface area contributed by atoms with Crippen molar-refractivity contribution in [2.45, 2.75) is 51.5 Å². The highest BCUT2D eigenvalue weighted by atomic mass is 79.9. The van der Waals surface area contributed by atoms with Crippen molar-refractivity contribution in [1.82, 2.24) is 5.32 Å². The number of thiophene rings is 1. The van der Waals surface area contributed by atoms with Gasteiger partial charge in [-0.25, -0.2) is 0 Å². The van der Waals surface area contributed by atoms with Crippen LogP contribution in [0.4, 0.5) is 0 Å². The normalized spacial score (nSPS) is 18.1. The molecule has 2 rings (SSSR count). The molecular weight excluding hydrogens is 310 g/mol. The molecule has 0 atom stereocenters. The third-order valence-corrected chi connectivity index (χ3v) is 5.17. The van der Waals surface area contributed by atoms with Crippen LogP contribution in [0, 0.1) is 5.92 Å². The number of amides is 1. The van der Waals surface area contributed by atoms with E-state index in [2.05, 4.69) is 27.3 Å². The van der Waals surface area contributed by atoms with Crippen molar-refractivity contribution in [2.24, 2.45) is 5.92 Å². The van der Waals surface area contributed by atoms with Crippen molar-refractivity contribution >= 4 is 33.2 Å². The first kappa shape index (κ1) is 14.1. The van der Waals surface area contributed by atoms with Gasteiger partial charge in [0.1, 0.15) is 0 Å². The molecule has 1 amide bonds. The van der Waals surface area contributed by atoms with Crippen LogP contribution in [0.2, 0.25) is 0 Å². The highest BCUT2D eigenvalue weighted by Crippen LogP contribution is 2.24. The molecule has 1 N–H and O–H groups in total. The largest absolute Gasteiger partial charge is 0.351 e. The zero-order valence-electron chi connectivity index (χ0n) is 10.6. The lowest BCUT2D eigenvalue weighted by Crippen LogP contribution is -2.30. The van der Waals surface area contributed by atoms with Crippen LogP contribution in [0.3, 0.4) is 0 Å². The molecule has 0 bridgehead atoms. The Kier molecular flexibility index (Phi) is 5.70. The number of nitrogens with one attached hydrogen (secondary N) is 1. The second-order valence-corrected chi connectivity index (χ2v) is 7.51. The maximum Gasteiger partial charge on any atom is 0.223 e. The SMILES string of the molecule is O=C(NCc1ccc(Br)s1)C1CCCCCCC1. The Hall–Kier alpha value is -0.350. The molecule has 1 aliphatic rings. The van der Waals surface area contributed by atoms with Gasteiger partial charge in [0.05, 0.1) is 10.3 Å². The van der Waals surface area contributed by atoms with Gasteiger partial charge in [-0.15, -0.1) is 11.3 Å². The standard InChI is InChI=1S/C14H20BrNOS/c15-13-9-8-12(18-13)10-16-14(17)11-6-4-2-1-3-5-7-11/h8-9,11H,1-7,10H2,(H,16,17). The van der Waals surface area contributed by atoms with Gasteiger partial charge in [-0.2, -0.15) is 0 Å². The van der Waals surface area contributed by atoms with E-state index in [0.29, 0.717) is 6.54 Å². The number of carbonyl (C=O) groups excluding carboxylic acids is 1. The predicted molar refractivity (Wildman–Crippen MR) is 79.7 cm³/mol. The highest BCUT2D eigenvalue weighted by molar-refractivity contribution is 9.11. The lowest BCUT2D eigenvalue weighted by Gasteiger charge is -2.18. The summed E-state index contributed by atoms with van der Waals surface area (Å²) in [5, 5.41) is 3.08. The zero-order valence-corrected chi connectivity index (χ0v) is 13.0. The molecule has 1 aliphatic carbocycles. The molecule has 2 nitrogen and oxygen atoms in total. The summed E-state index contributed by atoms with van der Waals surface area (Å²) in [5.74, 6) is 0.495. The molecule has 18 heavy (non-hydrogen) atoms. The second-order valence-electron chi connectivity index (χ2n) is 4.97. The van der Waals surface area contributed by atoms with Gasteiger partial charge in [0.25, 0.3) is 0 Å². The summed E-state index contributed by atoms with van der Waals surface area (Å²) in [7, 11) is 0. The minimum Gasteiger partial charge on any atom is -0.351 e. The summed E-state index contributed by atoms with van der Waals surface area (Å²) in [6, 6.07) is 4.09. The van der Waals surface area contributed by atoms with E-state index >= 15 is 0 Å². The van der Waals surface area contributed by atoms with Crippen LogP contribution < -0.4 is 5.32 Å². The van der Waals surface area contributed by atoms with Gasteiger partial charge in [-0.3, -0.25) is 4.79 Å². The fraction of sp³-hybridized carbons (Fsp3) is 0.643. The Labute approximate surface area is 121 Å². The van der Waals surface area contributed by atoms with E-state index in [-0.39, 0.29) is 11.8 Å². The topological polar surface area (TPSA) is 29.1 Å². The van der Waals surface area contributed by atoms with Gasteiger partial charge in [-0.1, -0.05) is 32.1 Å². The Balaban J connectivity index is 1.79. The molecule has 1 aromatic rings. The average molecular weight is 330 g/mol. The molecule has 0 spiro atoms. The van der Waals surface area contributed by atoms with Crippen LogP contribution in [0.5, 0.6) is 0 Å². The molecule has 1 saturated carbocycles. The van der Waals surface area contributed by atoms with Gasteiger partial charge in [0.15, 0.2) is 0 Å². The van der Waals surface area contributed by atoms with E-state index < -0.39 is 0 Å². The number of hydrogen-bond acceptors (Lipinski definition) is 2. The van der Waals surface area contributed by atoms with E-state index in [1.54, 1.807) is 11.3 Å². The summed E-state index contributed by atoms with van der Waals surface area (Å²) in [6.07, 6.45) is 8.49. The van der Waals surface area contributed by atoms with E-state index in [4.69, 9.17) is 0 Å². The summed E-state index contributed by atoms with van der Waals surface area (Å²) in [6.45, 7) is 0.672. The molecule has 4 heteroatoms. The first-order valence-corrected chi connectivity index (χ1v) is 8.38. The molecule has 0 aliphatic heterocycles. The molecule has 100 valence electrons. The van der Waals surface area contributed by atoms with Crippen molar-refractivity contribution in [2.75, 3.05) is 0 Å². The van der Waals surface area contributed by atoms with Crippen LogP contribution >= 0.6 is 27.3 Å². The lowest BCUT2D eigenvalue weighted by atomic mass is 9.90. The van der Waals surface area contributed by atoms with Crippen molar-refractivity contribution in [3.05, 3.63) is 20.8 Å². The summed E-state index contributed by atoms with van der Waals surface area (Å²) < 4.78 is 1.12. The first-order chi connectivity index (χ1) is 8.75. The second kappa shape index (κ2) is 7.29. The molecule has 1 aromatic heterocycles. The summed E-state index contributed by atoms with van der Waals surface area (Å²) >= 11 is 5.13. The lowest BCUT2D eigenvalue weighted by molar-refractivity contribution is -0.125. The fourth-order valence-corrected chi connectivity index (χ4v) is 3.91. The average Bonchev–Trinajstić information content (AvgIpc) is 2.72. The number of carbonyl (C=O) groups is 1. The minimum atomic E-state index is 0.244. The quantitative estimate of drug-likeness (QED) is 0.869. The van der Waals surface area contributed by atoms with Gasteiger partial charge in [-0.05, 0) is 40.9 Å². The van der Waals surface area contributed by atoms with Crippen LogP contribution in [0.15, 0.2) is 15.9 Å². The third kappa shape index (κ3) is 4.39. The predicted octanol–water partition coefficient (Wildman–Crippen LogP) is 4.49. The maximum absolute atomic E-state index is 12.1. The van der Waals surface area contributed by atoms with Crippen molar-refractivity contribution in [1.29, 1.82) is 0 Å². The van der Waals surface area contributed by atoms with Gasteiger partial charge >= 0.3 is 0 Å². The number of rotatable bonds is 3. The van der Waals surface area contributed by atoms with E-state index in [0.717, 1.165) is 16.6 Å². The smallest absolute Gasteiger partial charge is 0.223 e. The van der Waals surface area contributed by atoms with Gasteiger partial charge in [0.2, 0.25) is 5.91 Å². The highest BCUT2D eigenvalue weighted by Gasteiger charge is 2.18. The van der Waals surface area contributed by atoms with E-state index in [1.807, 2.05) is 6.07 Å². The van der Waals surface area contributed by atoms with Crippen molar-refractivity contribution < 1.29 is 4.79 Å². The zero-order chi connectivity index (χ0) is 12.8. The Morgan fingerprint density at radius 2 is 1.89 bits per heavy atom. The first-order valence-electron chi connectivity index (χ1n) is 6.77. The van der Waals surface area contributed by atoms with E-state index in [9.17, 15) is 4.79 Å². The summed E-state index contributed by atoms with van der Waals surface area (Å²) in [4.78, 5) is 13.3. The van der Waals surface area contributed by atoms with Crippen LogP contribution in [0.1, 0.15) is 49.8 Å². The molecule has 0 radical (unpaired) electrons. The molecular formula is C14H20BrNOS. The maximum atomic E-state index is 12.1. The van der Waals surface area contributed by atoms with E-state index in [1.165, 1.54) is 37.0 Å². The van der Waals surface area contributed by atoms with Crippen LogP contribution in [-0.2, 0) is 11.3 Å². The fourth-order valence-electron chi connectivity index (χ4n) is 2.48. The van der Waals surface area contributed by atoms with Crippen LogP contribution in [0.25, 0.3) is 0 Å². The molecule has 0 unspecified atom stereocenters. The molecule has 1 fully saturated rings. The number of halogens is 1. The Morgan fingerprint density at radius 3 is 2.50 bits per heavy atom. The molecule has 0 aromatic carbocycles. The van der Waals surface area contributed by atoms with Crippen molar-refractivity contribution in [3.63, 3.8) is 0 Å². The molecule has 0 saturated heterocycles. The van der Waals surface area contributed by atoms with Gasteiger partial charge < -0.3 is 5.32 Å². The third-order valence-electron chi connectivity index (χ3n) is 3.54. The van der Waals surface area contributed by atoms with Crippen molar-refractivity contribution in [3.8, 4) is 0 Å². The monoisotopic (exact) mass is 329 g/mol. The molecule has 1 heterocycles.